The van der Waals surface area contributed by atoms with Gasteiger partial charge in [0.2, 0.25) is 0 Å². The van der Waals surface area contributed by atoms with Gasteiger partial charge in [0.25, 0.3) is 0 Å². The van der Waals surface area contributed by atoms with E-state index in [4.69, 9.17) is 0 Å². The number of piperazine rings is 1. The largest absolute Gasteiger partial charge is 0.313 e. The van der Waals surface area contributed by atoms with Crippen LogP contribution in [0, 0.1) is 0 Å². The number of nitrogens with zero attached hydrogens (tertiary/aromatic N) is 2. The molecule has 0 aromatic heterocycles. The minimum absolute atomic E-state index is 0.766. The van der Waals surface area contributed by atoms with Gasteiger partial charge in [0.05, 0.1) is 0 Å². The first kappa shape index (κ1) is 12.9. The van der Waals surface area contributed by atoms with Crippen molar-refractivity contribution in [1.82, 2.24) is 15.1 Å². The summed E-state index contributed by atoms with van der Waals surface area (Å²) in [5.41, 5.74) is 0. The Morgan fingerprint density at radius 2 is 1.83 bits per heavy atom. The van der Waals surface area contributed by atoms with Crippen LogP contribution < -0.4 is 5.32 Å². The van der Waals surface area contributed by atoms with E-state index in [9.17, 15) is 0 Å². The lowest BCUT2D eigenvalue weighted by Crippen LogP contribution is -2.56. The van der Waals surface area contributed by atoms with E-state index in [0.29, 0.717) is 0 Å². The van der Waals surface area contributed by atoms with Crippen molar-refractivity contribution in [1.29, 1.82) is 0 Å². The molecule has 0 aromatic rings. The second-order valence-electron chi connectivity index (χ2n) is 6.45. The zero-order valence-electron chi connectivity index (χ0n) is 11.7. The predicted octanol–water partition coefficient (Wildman–Crippen LogP) is 1.69. The highest BCUT2D eigenvalue weighted by Gasteiger charge is 2.29. The minimum Gasteiger partial charge on any atom is -0.313 e. The molecule has 1 N–H and O–H groups in total. The molecule has 3 aliphatic rings. The summed E-state index contributed by atoms with van der Waals surface area (Å²) in [6.45, 7) is 7.85. The van der Waals surface area contributed by atoms with Gasteiger partial charge < -0.3 is 5.32 Å². The number of nitrogens with one attached hydrogen (secondary N) is 1. The Labute approximate surface area is 112 Å². The summed E-state index contributed by atoms with van der Waals surface area (Å²) < 4.78 is 0. The second kappa shape index (κ2) is 6.36. The maximum Gasteiger partial charge on any atom is 0.0223 e. The van der Waals surface area contributed by atoms with Crippen LogP contribution in [0.5, 0.6) is 0 Å². The van der Waals surface area contributed by atoms with Crippen LogP contribution in [0.25, 0.3) is 0 Å². The van der Waals surface area contributed by atoms with Crippen LogP contribution in [0.15, 0.2) is 0 Å². The molecule has 0 amide bonds. The van der Waals surface area contributed by atoms with Crippen LogP contribution in [-0.2, 0) is 0 Å². The van der Waals surface area contributed by atoms with E-state index in [2.05, 4.69) is 15.1 Å². The molecule has 3 heterocycles. The van der Waals surface area contributed by atoms with Crippen molar-refractivity contribution in [2.75, 3.05) is 39.3 Å². The molecule has 3 rings (SSSR count). The molecule has 3 aliphatic heterocycles. The summed E-state index contributed by atoms with van der Waals surface area (Å²) in [5, 5.41) is 3.75. The van der Waals surface area contributed by atoms with Gasteiger partial charge in [-0.15, -0.1) is 0 Å². The standard InChI is InChI=1S/C15H29N3/c1-2-6-14(16-8-4-1)12-17-10-11-18-9-5-3-7-15(18)13-17/h14-16H,1-13H2. The highest BCUT2D eigenvalue weighted by Crippen LogP contribution is 2.21. The first-order chi connectivity index (χ1) is 8.92. The lowest BCUT2D eigenvalue weighted by Gasteiger charge is -2.44. The van der Waals surface area contributed by atoms with Gasteiger partial charge in [-0.2, -0.15) is 0 Å². The Hall–Kier alpha value is -0.120. The molecule has 0 radical (unpaired) electrons. The van der Waals surface area contributed by atoms with E-state index in [-0.39, 0.29) is 0 Å². The SMILES string of the molecule is C1CCNC(CN2CCN3CCCCC3C2)CC1. The third-order valence-corrected chi connectivity index (χ3v) is 5.06. The van der Waals surface area contributed by atoms with Gasteiger partial charge >= 0.3 is 0 Å². The third-order valence-electron chi connectivity index (χ3n) is 5.06. The number of hydrogen-bond donors (Lipinski definition) is 1. The summed E-state index contributed by atoms with van der Waals surface area (Å²) in [5.74, 6) is 0. The Balaban J connectivity index is 1.48. The zero-order chi connectivity index (χ0) is 12.2. The fourth-order valence-corrected chi connectivity index (χ4v) is 3.95. The van der Waals surface area contributed by atoms with Crippen LogP contribution in [-0.4, -0.2) is 61.2 Å². The molecule has 0 bridgehead atoms. The Kier molecular flexibility index (Phi) is 4.55. The summed E-state index contributed by atoms with van der Waals surface area (Å²) in [4.78, 5) is 5.47. The van der Waals surface area contributed by atoms with Gasteiger partial charge in [0, 0.05) is 38.3 Å². The quantitative estimate of drug-likeness (QED) is 0.806. The van der Waals surface area contributed by atoms with Gasteiger partial charge in [-0.25, -0.2) is 0 Å². The molecule has 3 nitrogen and oxygen atoms in total. The Morgan fingerprint density at radius 1 is 0.889 bits per heavy atom. The molecule has 104 valence electrons. The topological polar surface area (TPSA) is 18.5 Å². The van der Waals surface area contributed by atoms with Crippen molar-refractivity contribution in [2.24, 2.45) is 0 Å². The Morgan fingerprint density at radius 3 is 2.83 bits per heavy atom. The predicted molar refractivity (Wildman–Crippen MR) is 75.9 cm³/mol. The van der Waals surface area contributed by atoms with Crippen molar-refractivity contribution in [3.05, 3.63) is 0 Å². The number of hydrogen-bond acceptors (Lipinski definition) is 3. The first-order valence-corrected chi connectivity index (χ1v) is 8.11. The molecule has 0 spiro atoms. The van der Waals surface area contributed by atoms with Crippen molar-refractivity contribution in [3.8, 4) is 0 Å². The zero-order valence-corrected chi connectivity index (χ0v) is 11.7. The lowest BCUT2D eigenvalue weighted by molar-refractivity contribution is 0.0446. The van der Waals surface area contributed by atoms with Gasteiger partial charge in [-0.05, 0) is 38.8 Å². The molecule has 0 aliphatic carbocycles. The normalized spacial score (nSPS) is 36.0. The summed E-state index contributed by atoms with van der Waals surface area (Å²) in [7, 11) is 0. The average Bonchev–Trinajstić information content (AvgIpc) is 2.67. The monoisotopic (exact) mass is 251 g/mol. The Bertz CT molecular complexity index is 248. The molecule has 3 fully saturated rings. The van der Waals surface area contributed by atoms with Gasteiger partial charge in [-0.1, -0.05) is 19.3 Å². The molecule has 2 unspecified atom stereocenters. The third kappa shape index (κ3) is 3.25. The summed E-state index contributed by atoms with van der Waals surface area (Å²) in [6.07, 6.45) is 9.96. The molecule has 3 heteroatoms. The van der Waals surface area contributed by atoms with E-state index in [1.807, 2.05) is 0 Å². The molecular weight excluding hydrogens is 222 g/mol. The number of fused-ring (bicyclic) bond motifs is 1. The van der Waals surface area contributed by atoms with E-state index in [0.717, 1.165) is 12.1 Å². The van der Waals surface area contributed by atoms with Gasteiger partial charge in [0.1, 0.15) is 0 Å². The molecule has 0 aromatic carbocycles. The fraction of sp³-hybridized carbons (Fsp3) is 1.00. The molecule has 3 saturated heterocycles. The maximum atomic E-state index is 3.75. The summed E-state index contributed by atoms with van der Waals surface area (Å²) >= 11 is 0. The molecule has 0 saturated carbocycles. The van der Waals surface area contributed by atoms with Gasteiger partial charge in [0.15, 0.2) is 0 Å². The van der Waals surface area contributed by atoms with Crippen molar-refractivity contribution in [2.45, 2.75) is 57.0 Å². The van der Waals surface area contributed by atoms with E-state index in [1.165, 1.54) is 84.2 Å². The smallest absolute Gasteiger partial charge is 0.0223 e. The van der Waals surface area contributed by atoms with Crippen LogP contribution in [0.1, 0.15) is 44.9 Å². The minimum atomic E-state index is 0.766. The van der Waals surface area contributed by atoms with Crippen molar-refractivity contribution >= 4 is 0 Å². The van der Waals surface area contributed by atoms with E-state index in [1.54, 1.807) is 0 Å². The van der Waals surface area contributed by atoms with Crippen LogP contribution in [0.2, 0.25) is 0 Å². The summed E-state index contributed by atoms with van der Waals surface area (Å²) in [6, 6.07) is 1.64. The van der Waals surface area contributed by atoms with Gasteiger partial charge in [-0.3, -0.25) is 9.80 Å². The van der Waals surface area contributed by atoms with Crippen molar-refractivity contribution < 1.29 is 0 Å². The maximum absolute atomic E-state index is 3.75. The van der Waals surface area contributed by atoms with Crippen LogP contribution in [0.4, 0.5) is 0 Å². The van der Waals surface area contributed by atoms with Crippen LogP contribution >= 0.6 is 0 Å². The highest BCUT2D eigenvalue weighted by atomic mass is 15.3. The van der Waals surface area contributed by atoms with Crippen molar-refractivity contribution in [3.63, 3.8) is 0 Å². The number of rotatable bonds is 2. The van der Waals surface area contributed by atoms with E-state index < -0.39 is 0 Å². The average molecular weight is 251 g/mol. The molecule has 2 atom stereocenters. The lowest BCUT2D eigenvalue weighted by atomic mass is 9.99. The molecular formula is C15H29N3. The molecule has 18 heavy (non-hydrogen) atoms. The fourth-order valence-electron chi connectivity index (χ4n) is 3.95. The second-order valence-corrected chi connectivity index (χ2v) is 6.45. The van der Waals surface area contributed by atoms with E-state index >= 15 is 0 Å². The highest BCUT2D eigenvalue weighted by molar-refractivity contribution is 4.87. The van der Waals surface area contributed by atoms with Crippen LogP contribution in [0.3, 0.4) is 0 Å². The first-order valence-electron chi connectivity index (χ1n) is 8.11. The number of piperidine rings is 1.